The predicted octanol–water partition coefficient (Wildman–Crippen LogP) is 4.18. The second kappa shape index (κ2) is 9.48. The lowest BCUT2D eigenvalue weighted by Gasteiger charge is -2.06. The summed E-state index contributed by atoms with van der Waals surface area (Å²) >= 11 is 2.96. The first-order valence-corrected chi connectivity index (χ1v) is 10.5. The van der Waals surface area contributed by atoms with E-state index < -0.39 is 0 Å². The first-order valence-electron chi connectivity index (χ1n) is 8.45. The Balaban J connectivity index is 1.46. The van der Waals surface area contributed by atoms with Gasteiger partial charge in [0.05, 0.1) is 11.4 Å². The average Bonchev–Trinajstić information content (AvgIpc) is 3.17. The zero-order valence-corrected chi connectivity index (χ0v) is 16.7. The van der Waals surface area contributed by atoms with Crippen molar-refractivity contribution in [3.05, 3.63) is 71.0 Å². The van der Waals surface area contributed by atoms with E-state index in [-0.39, 0.29) is 17.6 Å². The van der Waals surface area contributed by atoms with Gasteiger partial charge in [-0.3, -0.25) is 9.59 Å². The number of hydrogen-bond acceptors (Lipinski definition) is 5. The lowest BCUT2D eigenvalue weighted by molar-refractivity contribution is -0.113. The van der Waals surface area contributed by atoms with Crippen LogP contribution in [0.25, 0.3) is 10.6 Å². The number of anilines is 1. The number of rotatable bonds is 7. The molecule has 1 aromatic heterocycles. The topological polar surface area (TPSA) is 71.1 Å². The van der Waals surface area contributed by atoms with Gasteiger partial charge in [0.1, 0.15) is 10.8 Å². The molecule has 2 N–H and O–H groups in total. The lowest BCUT2D eigenvalue weighted by atomic mass is 10.2. The monoisotopic (exact) mass is 415 g/mol. The van der Waals surface area contributed by atoms with Crippen molar-refractivity contribution in [1.82, 2.24) is 10.3 Å². The fraction of sp³-hybridized carbons (Fsp3) is 0.150. The Hall–Kier alpha value is -2.71. The van der Waals surface area contributed by atoms with E-state index in [1.807, 2.05) is 5.38 Å². The van der Waals surface area contributed by atoms with Crippen LogP contribution in [0.3, 0.4) is 0 Å². The molecule has 3 rings (SSSR count). The molecule has 0 atom stereocenters. The largest absolute Gasteiger partial charge is 0.355 e. The number of nitrogens with zero attached hydrogens (tertiary/aromatic N) is 1. The highest BCUT2D eigenvalue weighted by atomic mass is 32.2. The summed E-state index contributed by atoms with van der Waals surface area (Å²) in [6.07, 6.45) is 0. The summed E-state index contributed by atoms with van der Waals surface area (Å²) in [7, 11) is 1.57. The standard InChI is InChI=1S/C20H18FN3O2S2/c1-22-19(26)13-4-8-16(9-5-13)23-18(25)12-27-10-17-11-28-20(24-17)14-2-6-15(21)7-3-14/h2-9,11H,10,12H2,1H3,(H,22,26)(H,23,25). The number of benzene rings is 2. The number of thioether (sulfide) groups is 1. The van der Waals surface area contributed by atoms with Gasteiger partial charge in [-0.1, -0.05) is 0 Å². The smallest absolute Gasteiger partial charge is 0.251 e. The molecule has 5 nitrogen and oxygen atoms in total. The Morgan fingerprint density at radius 1 is 1.11 bits per heavy atom. The van der Waals surface area contributed by atoms with Crippen molar-refractivity contribution in [2.45, 2.75) is 5.75 Å². The number of carbonyl (C=O) groups is 2. The molecule has 0 saturated carbocycles. The highest BCUT2D eigenvalue weighted by molar-refractivity contribution is 7.99. The van der Waals surface area contributed by atoms with Crippen LogP contribution in [0.15, 0.2) is 53.9 Å². The highest BCUT2D eigenvalue weighted by Crippen LogP contribution is 2.25. The van der Waals surface area contributed by atoms with Gasteiger partial charge in [0.15, 0.2) is 0 Å². The number of nitrogens with one attached hydrogen (secondary N) is 2. The maximum atomic E-state index is 13.0. The molecule has 0 spiro atoms. The minimum atomic E-state index is -0.273. The molecule has 0 radical (unpaired) electrons. The Morgan fingerprint density at radius 3 is 2.50 bits per heavy atom. The molecule has 8 heteroatoms. The van der Waals surface area contributed by atoms with Gasteiger partial charge < -0.3 is 10.6 Å². The van der Waals surface area contributed by atoms with Crippen molar-refractivity contribution >= 4 is 40.6 Å². The van der Waals surface area contributed by atoms with Crippen molar-refractivity contribution < 1.29 is 14.0 Å². The van der Waals surface area contributed by atoms with Crippen molar-refractivity contribution in [2.24, 2.45) is 0 Å². The summed E-state index contributed by atoms with van der Waals surface area (Å²) < 4.78 is 13.0. The summed E-state index contributed by atoms with van der Waals surface area (Å²) in [4.78, 5) is 28.1. The van der Waals surface area contributed by atoms with Crippen molar-refractivity contribution in [3.63, 3.8) is 0 Å². The van der Waals surface area contributed by atoms with Crippen LogP contribution >= 0.6 is 23.1 Å². The van der Waals surface area contributed by atoms with Gasteiger partial charge >= 0.3 is 0 Å². The van der Waals surface area contributed by atoms with E-state index in [4.69, 9.17) is 0 Å². The van der Waals surface area contributed by atoms with Gasteiger partial charge in [-0.2, -0.15) is 0 Å². The molecule has 28 heavy (non-hydrogen) atoms. The molecule has 0 bridgehead atoms. The maximum absolute atomic E-state index is 13.0. The molecule has 0 aliphatic rings. The van der Waals surface area contributed by atoms with Crippen LogP contribution < -0.4 is 10.6 Å². The molecule has 0 unspecified atom stereocenters. The summed E-state index contributed by atoms with van der Waals surface area (Å²) in [5, 5.41) is 8.13. The van der Waals surface area contributed by atoms with E-state index in [9.17, 15) is 14.0 Å². The zero-order valence-electron chi connectivity index (χ0n) is 15.1. The third kappa shape index (κ3) is 5.40. The minimum Gasteiger partial charge on any atom is -0.355 e. The molecular formula is C20H18FN3O2S2. The third-order valence-corrected chi connectivity index (χ3v) is 5.69. The average molecular weight is 416 g/mol. The third-order valence-electron chi connectivity index (χ3n) is 3.78. The zero-order chi connectivity index (χ0) is 19.9. The number of amides is 2. The van der Waals surface area contributed by atoms with Gasteiger partial charge in [-0.05, 0) is 48.5 Å². The number of aromatic nitrogens is 1. The van der Waals surface area contributed by atoms with Crippen molar-refractivity contribution in [2.75, 3.05) is 18.1 Å². The quantitative estimate of drug-likeness (QED) is 0.607. The number of halogens is 1. The fourth-order valence-electron chi connectivity index (χ4n) is 2.39. The number of hydrogen-bond donors (Lipinski definition) is 2. The molecule has 144 valence electrons. The Bertz CT molecular complexity index is 956. The minimum absolute atomic E-state index is 0.119. The molecule has 0 saturated heterocycles. The molecule has 0 fully saturated rings. The van der Waals surface area contributed by atoms with E-state index in [0.29, 0.717) is 22.8 Å². The van der Waals surface area contributed by atoms with Crippen LogP contribution in [0.4, 0.5) is 10.1 Å². The molecular weight excluding hydrogens is 397 g/mol. The van der Waals surface area contributed by atoms with Crippen LogP contribution in [0.2, 0.25) is 0 Å². The number of thiazole rings is 1. The summed E-state index contributed by atoms with van der Waals surface area (Å²) in [5.41, 5.74) is 2.94. The van der Waals surface area contributed by atoms with Crippen LogP contribution in [0, 0.1) is 5.82 Å². The molecule has 3 aromatic rings. The second-order valence-corrected chi connectivity index (χ2v) is 7.69. The maximum Gasteiger partial charge on any atom is 0.251 e. The van der Waals surface area contributed by atoms with E-state index in [0.717, 1.165) is 16.3 Å². The molecule has 2 amide bonds. The van der Waals surface area contributed by atoms with E-state index in [2.05, 4.69) is 15.6 Å². The predicted molar refractivity (Wildman–Crippen MR) is 112 cm³/mol. The summed E-state index contributed by atoms with van der Waals surface area (Å²) in [6.45, 7) is 0. The Labute approximate surface area is 170 Å². The Kier molecular flexibility index (Phi) is 6.78. The van der Waals surface area contributed by atoms with Crippen LogP contribution in [0.5, 0.6) is 0 Å². The highest BCUT2D eigenvalue weighted by Gasteiger charge is 2.08. The fourth-order valence-corrected chi connectivity index (χ4v) is 4.04. The van der Waals surface area contributed by atoms with Gasteiger partial charge in [0.25, 0.3) is 5.91 Å². The molecule has 0 aliphatic heterocycles. The molecule has 2 aromatic carbocycles. The van der Waals surface area contributed by atoms with Gasteiger partial charge in [-0.15, -0.1) is 23.1 Å². The lowest BCUT2D eigenvalue weighted by Crippen LogP contribution is -2.18. The molecule has 1 heterocycles. The Morgan fingerprint density at radius 2 is 1.82 bits per heavy atom. The van der Waals surface area contributed by atoms with Crippen molar-refractivity contribution in [3.8, 4) is 10.6 Å². The van der Waals surface area contributed by atoms with Gasteiger partial charge in [0.2, 0.25) is 5.91 Å². The van der Waals surface area contributed by atoms with E-state index >= 15 is 0 Å². The molecule has 0 aliphatic carbocycles. The van der Waals surface area contributed by atoms with Crippen molar-refractivity contribution in [1.29, 1.82) is 0 Å². The van der Waals surface area contributed by atoms with Gasteiger partial charge in [-0.25, -0.2) is 9.37 Å². The van der Waals surface area contributed by atoms with Gasteiger partial charge in [0, 0.05) is 35.0 Å². The SMILES string of the molecule is CNC(=O)c1ccc(NC(=O)CSCc2csc(-c3ccc(F)cc3)n2)cc1. The normalized spacial score (nSPS) is 10.5. The van der Waals surface area contributed by atoms with E-state index in [1.54, 1.807) is 43.4 Å². The summed E-state index contributed by atoms with van der Waals surface area (Å²) in [5.74, 6) is 0.343. The summed E-state index contributed by atoms with van der Waals surface area (Å²) in [6, 6.07) is 12.9. The van der Waals surface area contributed by atoms with Crippen LogP contribution in [-0.2, 0) is 10.5 Å². The first kappa shape index (κ1) is 20.0. The number of carbonyl (C=O) groups excluding carboxylic acids is 2. The van der Waals surface area contributed by atoms with Crippen LogP contribution in [0.1, 0.15) is 16.1 Å². The van der Waals surface area contributed by atoms with Crippen LogP contribution in [-0.4, -0.2) is 29.6 Å². The first-order chi connectivity index (χ1) is 13.5. The van der Waals surface area contributed by atoms with E-state index in [1.165, 1.54) is 35.2 Å². The second-order valence-electron chi connectivity index (χ2n) is 5.85.